The molecule has 0 amide bonds. The molecule has 0 fully saturated rings. The average Bonchev–Trinajstić information content (AvgIpc) is 3.67. The predicted octanol–water partition coefficient (Wildman–Crippen LogP) is 14.7. The van der Waals surface area contributed by atoms with E-state index in [-0.39, 0.29) is 0 Å². The van der Waals surface area contributed by atoms with Gasteiger partial charge in [0.25, 0.3) is 0 Å². The molecule has 8 aromatic carbocycles. The molecule has 0 saturated carbocycles. The second kappa shape index (κ2) is 14.1. The van der Waals surface area contributed by atoms with Crippen LogP contribution in [-0.2, 0) is 5.41 Å². The zero-order valence-corrected chi connectivity index (χ0v) is 31.8. The first-order valence-electron chi connectivity index (χ1n) is 18.2. The summed E-state index contributed by atoms with van der Waals surface area (Å²) in [5.74, 6) is 0. The molecule has 256 valence electrons. The standard InChI is InChI=1S/C51H34S3/c1-5-13-35(14-6-1)21-22-36-23-27-43-44-28-24-40(52-37-15-7-2-8-16-37)32-48(44)51(47(43)31-36)49-33-41(53-38-17-9-3-10-18-38)25-29-45(49)46-30-26-42(34-50(46)51)54-39-19-11-4-12-20-39/h1-34H/b22-21-. The summed E-state index contributed by atoms with van der Waals surface area (Å²) in [6, 6.07) is 71.4. The summed E-state index contributed by atoms with van der Waals surface area (Å²) in [7, 11) is 0. The Hall–Kier alpha value is -5.45. The molecule has 0 bridgehead atoms. The molecule has 0 nitrogen and oxygen atoms in total. The molecule has 10 rings (SSSR count). The van der Waals surface area contributed by atoms with Gasteiger partial charge in [-0.25, -0.2) is 0 Å². The SMILES string of the molecule is C(=C/c1ccc2c(c1)C1(c3cc(Sc4ccccc4)ccc3-2)c2cc(Sc3ccccc3)ccc2-c2ccc(Sc3ccccc3)cc21)/c1ccccc1. The van der Waals surface area contributed by atoms with Crippen molar-refractivity contribution < 1.29 is 0 Å². The Balaban J connectivity index is 1.22. The van der Waals surface area contributed by atoms with Gasteiger partial charge in [-0.1, -0.05) is 163 Å². The van der Waals surface area contributed by atoms with Crippen molar-refractivity contribution in [1.82, 2.24) is 0 Å². The highest BCUT2D eigenvalue weighted by atomic mass is 32.2. The van der Waals surface area contributed by atoms with Gasteiger partial charge < -0.3 is 0 Å². The largest absolute Gasteiger partial charge is 0.0901 e. The van der Waals surface area contributed by atoms with Crippen LogP contribution < -0.4 is 0 Å². The van der Waals surface area contributed by atoms with Crippen LogP contribution in [0.1, 0.15) is 33.4 Å². The highest BCUT2D eigenvalue weighted by Gasteiger charge is 2.52. The van der Waals surface area contributed by atoms with Crippen molar-refractivity contribution in [1.29, 1.82) is 0 Å². The fraction of sp³-hybridized carbons (Fsp3) is 0.0196. The van der Waals surface area contributed by atoms with Crippen molar-refractivity contribution >= 4 is 47.4 Å². The van der Waals surface area contributed by atoms with Gasteiger partial charge in [-0.3, -0.25) is 0 Å². The van der Waals surface area contributed by atoms with Crippen molar-refractivity contribution in [3.8, 4) is 22.3 Å². The Morgan fingerprint density at radius 2 is 0.611 bits per heavy atom. The van der Waals surface area contributed by atoms with Gasteiger partial charge in [-0.15, -0.1) is 0 Å². The lowest BCUT2D eigenvalue weighted by Gasteiger charge is -2.31. The highest BCUT2D eigenvalue weighted by molar-refractivity contribution is 7.99. The first kappa shape index (κ1) is 33.1. The number of benzene rings is 8. The van der Waals surface area contributed by atoms with Gasteiger partial charge >= 0.3 is 0 Å². The van der Waals surface area contributed by atoms with Crippen LogP contribution in [0.15, 0.2) is 223 Å². The van der Waals surface area contributed by atoms with Crippen LogP contribution in [-0.4, -0.2) is 0 Å². The van der Waals surface area contributed by atoms with Crippen molar-refractivity contribution in [3.05, 3.63) is 228 Å². The number of hydrogen-bond acceptors (Lipinski definition) is 3. The van der Waals surface area contributed by atoms with Crippen molar-refractivity contribution in [2.45, 2.75) is 34.8 Å². The lowest BCUT2D eigenvalue weighted by Crippen LogP contribution is -2.26. The molecule has 0 radical (unpaired) electrons. The zero-order valence-electron chi connectivity index (χ0n) is 29.4. The van der Waals surface area contributed by atoms with E-state index in [9.17, 15) is 0 Å². The number of rotatable bonds is 8. The highest BCUT2D eigenvalue weighted by Crippen LogP contribution is 2.64. The average molecular weight is 743 g/mol. The molecule has 54 heavy (non-hydrogen) atoms. The van der Waals surface area contributed by atoms with E-state index < -0.39 is 5.41 Å². The van der Waals surface area contributed by atoms with E-state index in [1.165, 1.54) is 85.0 Å². The molecule has 8 aromatic rings. The maximum Gasteiger partial charge on any atom is 0.0726 e. The van der Waals surface area contributed by atoms with Crippen LogP contribution in [0.2, 0.25) is 0 Å². The van der Waals surface area contributed by atoms with E-state index in [0.717, 1.165) is 0 Å². The van der Waals surface area contributed by atoms with Crippen molar-refractivity contribution in [2.24, 2.45) is 0 Å². The summed E-state index contributed by atoms with van der Waals surface area (Å²) in [6.45, 7) is 0. The van der Waals surface area contributed by atoms with Crippen LogP contribution in [0.3, 0.4) is 0 Å². The second-order valence-corrected chi connectivity index (χ2v) is 17.1. The fourth-order valence-electron chi connectivity index (χ4n) is 8.11. The summed E-state index contributed by atoms with van der Waals surface area (Å²) >= 11 is 5.51. The molecule has 2 aliphatic carbocycles. The predicted molar refractivity (Wildman–Crippen MR) is 230 cm³/mol. The summed E-state index contributed by atoms with van der Waals surface area (Å²) in [6.07, 6.45) is 4.49. The molecule has 0 N–H and O–H groups in total. The minimum Gasteiger partial charge on any atom is -0.0901 e. The van der Waals surface area contributed by atoms with E-state index in [1.54, 1.807) is 0 Å². The molecule has 3 heteroatoms. The first-order chi connectivity index (χ1) is 26.7. The van der Waals surface area contributed by atoms with E-state index in [2.05, 4.69) is 206 Å². The van der Waals surface area contributed by atoms with Crippen LogP contribution in [0.5, 0.6) is 0 Å². The van der Waals surface area contributed by atoms with Crippen LogP contribution in [0, 0.1) is 0 Å². The Morgan fingerprint density at radius 3 is 1.02 bits per heavy atom. The third kappa shape index (κ3) is 5.94. The van der Waals surface area contributed by atoms with Gasteiger partial charge in [0.05, 0.1) is 5.41 Å². The normalized spacial score (nSPS) is 13.1. The molecular formula is C51H34S3. The third-order valence-electron chi connectivity index (χ3n) is 10.4. The van der Waals surface area contributed by atoms with Gasteiger partial charge in [0.15, 0.2) is 0 Å². The molecule has 0 heterocycles. The summed E-state index contributed by atoms with van der Waals surface area (Å²) in [4.78, 5) is 7.46. The van der Waals surface area contributed by atoms with Gasteiger partial charge in [0.1, 0.15) is 0 Å². The number of fused-ring (bicyclic) bond motifs is 10. The summed E-state index contributed by atoms with van der Waals surface area (Å²) in [5.41, 5.74) is 12.5. The van der Waals surface area contributed by atoms with E-state index >= 15 is 0 Å². The van der Waals surface area contributed by atoms with Crippen LogP contribution in [0.4, 0.5) is 0 Å². The molecule has 0 unspecified atom stereocenters. The van der Waals surface area contributed by atoms with Crippen molar-refractivity contribution in [3.63, 3.8) is 0 Å². The van der Waals surface area contributed by atoms with Crippen molar-refractivity contribution in [2.75, 3.05) is 0 Å². The van der Waals surface area contributed by atoms with E-state index in [1.807, 2.05) is 35.3 Å². The Bertz CT molecular complexity index is 2500. The van der Waals surface area contributed by atoms with Crippen LogP contribution in [0.25, 0.3) is 34.4 Å². The Labute approximate surface area is 330 Å². The maximum absolute atomic E-state index is 2.49. The molecule has 2 aliphatic rings. The summed E-state index contributed by atoms with van der Waals surface area (Å²) < 4.78 is 0. The minimum atomic E-state index is -0.500. The monoisotopic (exact) mass is 742 g/mol. The number of hydrogen-bond donors (Lipinski definition) is 0. The van der Waals surface area contributed by atoms with Crippen LogP contribution >= 0.6 is 35.3 Å². The maximum atomic E-state index is 2.49. The Kier molecular flexibility index (Phi) is 8.64. The smallest absolute Gasteiger partial charge is 0.0726 e. The molecule has 0 aliphatic heterocycles. The second-order valence-electron chi connectivity index (χ2n) is 13.7. The van der Waals surface area contributed by atoms with Gasteiger partial charge in [-0.05, 0) is 134 Å². The topological polar surface area (TPSA) is 0 Å². The lowest BCUT2D eigenvalue weighted by atomic mass is 9.70. The van der Waals surface area contributed by atoms with E-state index in [4.69, 9.17) is 0 Å². The van der Waals surface area contributed by atoms with Gasteiger partial charge in [0, 0.05) is 29.4 Å². The zero-order chi connectivity index (χ0) is 35.9. The first-order valence-corrected chi connectivity index (χ1v) is 20.7. The molecular weight excluding hydrogens is 709 g/mol. The minimum absolute atomic E-state index is 0.500. The molecule has 0 aromatic heterocycles. The molecule has 1 spiro atoms. The van der Waals surface area contributed by atoms with Gasteiger partial charge in [-0.2, -0.15) is 0 Å². The van der Waals surface area contributed by atoms with Gasteiger partial charge in [0.2, 0.25) is 0 Å². The van der Waals surface area contributed by atoms with E-state index in [0.29, 0.717) is 0 Å². The molecule has 0 saturated heterocycles. The third-order valence-corrected chi connectivity index (χ3v) is 13.4. The Morgan fingerprint density at radius 1 is 0.278 bits per heavy atom. The molecule has 0 atom stereocenters. The summed E-state index contributed by atoms with van der Waals surface area (Å²) in [5, 5.41) is 0. The fourth-order valence-corrected chi connectivity index (χ4v) is 10.7. The quantitative estimate of drug-likeness (QED) is 0.142. The lowest BCUT2D eigenvalue weighted by molar-refractivity contribution is 0.785.